The lowest BCUT2D eigenvalue weighted by atomic mass is 10.0. The molecule has 1 aromatic carbocycles. The number of benzene rings is 1. The number of fused-ring (bicyclic) bond motifs is 1. The fraction of sp³-hybridized carbons (Fsp3) is 0.462. The highest BCUT2D eigenvalue weighted by atomic mass is 16.4. The number of rotatable bonds is 15. The van der Waals surface area contributed by atoms with Crippen molar-refractivity contribution in [3.05, 3.63) is 36.0 Å². The highest BCUT2D eigenvalue weighted by Gasteiger charge is 2.32. The molecule has 15 nitrogen and oxygen atoms in total. The summed E-state index contributed by atoms with van der Waals surface area (Å²) in [7, 11) is 0. The molecule has 1 saturated heterocycles. The molecule has 2 heterocycles. The highest BCUT2D eigenvalue weighted by Crippen LogP contribution is 2.19. The Bertz CT molecular complexity index is 1280. The number of H-pyrrole nitrogens is 1. The van der Waals surface area contributed by atoms with E-state index in [0.717, 1.165) is 22.9 Å². The van der Waals surface area contributed by atoms with Gasteiger partial charge in [0.15, 0.2) is 5.96 Å². The van der Waals surface area contributed by atoms with E-state index in [-0.39, 0.29) is 37.7 Å². The molecule has 0 radical (unpaired) electrons. The first kappa shape index (κ1) is 30.9. The minimum atomic E-state index is -1.72. The molecule has 0 aliphatic carbocycles. The van der Waals surface area contributed by atoms with Gasteiger partial charge in [-0.25, -0.2) is 4.79 Å². The van der Waals surface area contributed by atoms with Crippen LogP contribution in [0.2, 0.25) is 0 Å². The molecule has 1 aliphatic heterocycles. The maximum atomic E-state index is 13.6. The molecule has 1 aromatic heterocycles. The van der Waals surface area contributed by atoms with E-state index in [9.17, 15) is 29.1 Å². The van der Waals surface area contributed by atoms with Crippen LogP contribution in [0.5, 0.6) is 0 Å². The van der Waals surface area contributed by atoms with E-state index in [0.29, 0.717) is 13.0 Å². The Hall–Kier alpha value is -4.66. The number of carboxylic acids is 2. The number of carbonyl (C=O) groups is 5. The number of carboxylic acid groups (broad SMARTS) is 2. The van der Waals surface area contributed by atoms with Gasteiger partial charge in [0, 0.05) is 30.1 Å². The molecule has 0 spiro atoms. The smallest absolute Gasteiger partial charge is 0.326 e. The summed E-state index contributed by atoms with van der Waals surface area (Å²) in [6, 6.07) is 2.95. The van der Waals surface area contributed by atoms with Gasteiger partial charge in [-0.3, -0.25) is 24.2 Å². The first-order chi connectivity index (χ1) is 19.5. The normalized spacial score (nSPS) is 16.7. The van der Waals surface area contributed by atoms with E-state index in [1.165, 1.54) is 0 Å². The van der Waals surface area contributed by atoms with Gasteiger partial charge in [-0.1, -0.05) is 18.2 Å². The third-order valence-corrected chi connectivity index (χ3v) is 6.68. The molecule has 1 aliphatic rings. The van der Waals surface area contributed by atoms with Crippen LogP contribution in [0.4, 0.5) is 0 Å². The Labute approximate surface area is 235 Å². The van der Waals surface area contributed by atoms with Crippen molar-refractivity contribution in [3.8, 4) is 0 Å². The van der Waals surface area contributed by atoms with Crippen LogP contribution in [0.15, 0.2) is 35.5 Å². The highest BCUT2D eigenvalue weighted by molar-refractivity contribution is 5.95. The van der Waals surface area contributed by atoms with Gasteiger partial charge in [-0.15, -0.1) is 0 Å². The van der Waals surface area contributed by atoms with Gasteiger partial charge in [-0.05, 0) is 43.9 Å². The SMILES string of the molecule is NC(N)=NCCCC(NC(=O)C(Cc1c[nH]c2ccccc12)NC(=O)C1CCCN1)C(=O)NC(CC(=O)O)C(=O)O. The second-order valence-corrected chi connectivity index (χ2v) is 9.78. The molecule has 4 atom stereocenters. The Balaban J connectivity index is 1.82. The van der Waals surface area contributed by atoms with Crippen LogP contribution >= 0.6 is 0 Å². The molecule has 0 bridgehead atoms. The zero-order valence-corrected chi connectivity index (χ0v) is 22.4. The third kappa shape index (κ3) is 9.20. The first-order valence-corrected chi connectivity index (χ1v) is 13.2. The number of amides is 3. The van der Waals surface area contributed by atoms with Crippen LogP contribution in [-0.4, -0.2) is 88.1 Å². The van der Waals surface area contributed by atoms with Crippen molar-refractivity contribution < 1.29 is 34.2 Å². The van der Waals surface area contributed by atoms with Crippen molar-refractivity contribution in [2.75, 3.05) is 13.1 Å². The summed E-state index contributed by atoms with van der Waals surface area (Å²) in [5.74, 6) is -5.05. The molecule has 3 amide bonds. The van der Waals surface area contributed by atoms with Gasteiger partial charge in [0.25, 0.3) is 0 Å². The van der Waals surface area contributed by atoms with Crippen molar-refractivity contribution >= 4 is 46.5 Å². The van der Waals surface area contributed by atoms with Crippen LogP contribution < -0.4 is 32.7 Å². The second-order valence-electron chi connectivity index (χ2n) is 9.78. The number of aliphatic imine (C=N–C) groups is 1. The number of carbonyl (C=O) groups excluding carboxylic acids is 3. The molecule has 15 heteroatoms. The molecule has 1 fully saturated rings. The monoisotopic (exact) mass is 572 g/mol. The van der Waals surface area contributed by atoms with Crippen molar-refractivity contribution in [2.45, 2.75) is 62.7 Å². The molecule has 3 rings (SSSR count). The number of guanidine groups is 1. The summed E-state index contributed by atoms with van der Waals surface area (Å²) in [6.45, 7) is 0.804. The standard InChI is InChI=1S/C26H36N8O7/c27-26(28)30-10-4-8-18(23(38)34-20(25(40)41)12-21(35)36)32-24(39)19(33-22(37)17-7-3-9-29-17)11-14-13-31-16-6-2-1-5-15(14)16/h1-2,5-6,13,17-20,29,31H,3-4,7-12H2,(H,32,39)(H,33,37)(H,34,38)(H,35,36)(H,40,41)(H4,27,28,30). The number of nitrogens with zero attached hydrogens (tertiary/aromatic N) is 1. The number of nitrogens with one attached hydrogen (secondary N) is 5. The molecule has 222 valence electrons. The van der Waals surface area contributed by atoms with Crippen LogP contribution in [0.25, 0.3) is 10.9 Å². The summed E-state index contributed by atoms with van der Waals surface area (Å²) in [5.41, 5.74) is 12.3. The van der Waals surface area contributed by atoms with Crippen molar-refractivity contribution in [1.82, 2.24) is 26.3 Å². The first-order valence-electron chi connectivity index (χ1n) is 13.2. The number of para-hydroxylation sites is 1. The van der Waals surface area contributed by atoms with E-state index in [1.54, 1.807) is 6.20 Å². The average Bonchev–Trinajstić information content (AvgIpc) is 3.60. The lowest BCUT2D eigenvalue weighted by Gasteiger charge is -2.25. The van der Waals surface area contributed by atoms with Crippen molar-refractivity contribution in [1.29, 1.82) is 0 Å². The molecule has 4 unspecified atom stereocenters. The van der Waals surface area contributed by atoms with Gasteiger partial charge in [0.05, 0.1) is 12.5 Å². The van der Waals surface area contributed by atoms with Gasteiger partial charge in [0.1, 0.15) is 18.1 Å². The number of hydrogen-bond acceptors (Lipinski definition) is 7. The molecule has 11 N–H and O–H groups in total. The second kappa shape index (κ2) is 14.6. The van der Waals surface area contributed by atoms with Crippen LogP contribution in [0, 0.1) is 0 Å². The fourth-order valence-electron chi connectivity index (χ4n) is 4.60. The Morgan fingerprint density at radius 2 is 1.71 bits per heavy atom. The summed E-state index contributed by atoms with van der Waals surface area (Å²) in [6.07, 6.45) is 2.66. The maximum Gasteiger partial charge on any atom is 0.326 e. The van der Waals surface area contributed by atoms with E-state index < -0.39 is 54.3 Å². The zero-order chi connectivity index (χ0) is 29.9. The summed E-state index contributed by atoms with van der Waals surface area (Å²) in [4.78, 5) is 69.2. The summed E-state index contributed by atoms with van der Waals surface area (Å²) < 4.78 is 0. The Morgan fingerprint density at radius 1 is 1.00 bits per heavy atom. The minimum Gasteiger partial charge on any atom is -0.481 e. The lowest BCUT2D eigenvalue weighted by molar-refractivity contribution is -0.147. The predicted octanol–water partition coefficient (Wildman–Crippen LogP) is -1.47. The van der Waals surface area contributed by atoms with Crippen LogP contribution in [0.3, 0.4) is 0 Å². The maximum absolute atomic E-state index is 13.6. The summed E-state index contributed by atoms with van der Waals surface area (Å²) >= 11 is 0. The van der Waals surface area contributed by atoms with Crippen molar-refractivity contribution in [3.63, 3.8) is 0 Å². The quantitative estimate of drug-likeness (QED) is 0.0680. The number of aromatic amines is 1. The van der Waals surface area contributed by atoms with E-state index in [1.807, 2.05) is 24.3 Å². The lowest BCUT2D eigenvalue weighted by Crippen LogP contribution is -2.57. The zero-order valence-electron chi connectivity index (χ0n) is 22.4. The predicted molar refractivity (Wildman–Crippen MR) is 149 cm³/mol. The van der Waals surface area contributed by atoms with Crippen molar-refractivity contribution in [2.24, 2.45) is 16.5 Å². The fourth-order valence-corrected chi connectivity index (χ4v) is 4.60. The van der Waals surface area contributed by atoms with Gasteiger partial charge in [-0.2, -0.15) is 0 Å². The number of hydrogen-bond donors (Lipinski definition) is 9. The van der Waals surface area contributed by atoms with E-state index >= 15 is 0 Å². The molecule has 2 aromatic rings. The minimum absolute atomic E-state index is 0.00565. The van der Waals surface area contributed by atoms with E-state index in [2.05, 4.69) is 31.2 Å². The number of aliphatic carboxylic acids is 2. The summed E-state index contributed by atoms with van der Waals surface area (Å²) in [5, 5.41) is 29.9. The van der Waals surface area contributed by atoms with Crippen LogP contribution in [-0.2, 0) is 30.4 Å². The Kier molecular flexibility index (Phi) is 11.0. The Morgan fingerprint density at radius 3 is 2.37 bits per heavy atom. The molecule has 0 saturated carbocycles. The average molecular weight is 573 g/mol. The van der Waals surface area contributed by atoms with Gasteiger partial charge in [0.2, 0.25) is 17.7 Å². The number of nitrogens with two attached hydrogens (primary N) is 2. The van der Waals surface area contributed by atoms with Gasteiger partial charge < -0.3 is 47.9 Å². The molecular weight excluding hydrogens is 536 g/mol. The largest absolute Gasteiger partial charge is 0.481 e. The molecule has 41 heavy (non-hydrogen) atoms. The van der Waals surface area contributed by atoms with E-state index in [4.69, 9.17) is 16.6 Å². The topological polar surface area (TPSA) is 254 Å². The van der Waals surface area contributed by atoms with Crippen LogP contribution in [0.1, 0.15) is 37.7 Å². The van der Waals surface area contributed by atoms with Gasteiger partial charge >= 0.3 is 11.9 Å². The molecular formula is C26H36N8O7. The number of aromatic nitrogens is 1. The third-order valence-electron chi connectivity index (χ3n) is 6.68.